The predicted octanol–water partition coefficient (Wildman–Crippen LogP) is 2.64. The van der Waals surface area contributed by atoms with E-state index in [9.17, 15) is 8.42 Å². The molecule has 0 spiro atoms. The third kappa shape index (κ3) is 13.4. The summed E-state index contributed by atoms with van der Waals surface area (Å²) in [5.74, 6) is 0. The predicted molar refractivity (Wildman–Crippen MR) is 62.2 cm³/mol. The molecule has 0 radical (unpaired) electrons. The molecule has 0 aliphatic carbocycles. The molecule has 4 heteroatoms. The second-order valence-corrected chi connectivity index (χ2v) is 5.13. The first-order chi connectivity index (χ1) is 7.06. The monoisotopic (exact) mass is 232 g/mol. The van der Waals surface area contributed by atoms with Crippen molar-refractivity contribution in [1.82, 2.24) is 0 Å². The first-order valence-electron chi connectivity index (χ1n) is 5.25. The zero-order valence-corrected chi connectivity index (χ0v) is 10.2. The Hall–Kier alpha value is -0.570. The summed E-state index contributed by atoms with van der Waals surface area (Å²) in [5, 5.41) is 0. The molecule has 0 saturated carbocycles. The highest BCUT2D eigenvalue weighted by atomic mass is 32.2. The van der Waals surface area contributed by atoms with Crippen LogP contribution in [0.1, 0.15) is 38.5 Å². The number of hydrogen-bond acceptors (Lipinski definition) is 3. The first kappa shape index (κ1) is 14.4. The van der Waals surface area contributed by atoms with E-state index in [-0.39, 0.29) is 0 Å². The van der Waals surface area contributed by atoms with E-state index in [1.807, 2.05) is 6.08 Å². The average molecular weight is 232 g/mol. The van der Waals surface area contributed by atoms with Gasteiger partial charge in [0.2, 0.25) is 0 Å². The molecule has 0 heterocycles. The summed E-state index contributed by atoms with van der Waals surface area (Å²) >= 11 is 0. The lowest BCUT2D eigenvalue weighted by atomic mass is 10.1. The highest BCUT2D eigenvalue weighted by Gasteiger charge is 1.99. The van der Waals surface area contributed by atoms with Gasteiger partial charge >= 0.3 is 0 Å². The van der Waals surface area contributed by atoms with Gasteiger partial charge in [0, 0.05) is 0 Å². The molecule has 88 valence electrons. The Kier molecular flexibility index (Phi) is 8.38. The molecule has 0 amide bonds. The van der Waals surface area contributed by atoms with E-state index in [4.69, 9.17) is 0 Å². The number of unbranched alkanes of at least 4 members (excludes halogenated alkanes) is 5. The molecule has 0 aromatic heterocycles. The Bertz CT molecular complexity index is 287. The average Bonchev–Trinajstić information content (AvgIpc) is 2.14. The van der Waals surface area contributed by atoms with E-state index in [2.05, 4.69) is 16.5 Å². The molecular weight excluding hydrogens is 212 g/mol. The Balaban J connectivity index is 3.15. The largest absolute Gasteiger partial charge is 0.270 e. The van der Waals surface area contributed by atoms with Gasteiger partial charge in [-0.25, -0.2) is 0 Å². The Morgan fingerprint density at radius 3 is 2.40 bits per heavy atom. The minimum Gasteiger partial charge on any atom is -0.270 e. The van der Waals surface area contributed by atoms with E-state index in [1.54, 1.807) is 0 Å². The standard InChI is InChI=1S/C11H20O3S/c1-3-4-5-6-7-8-9-10-11-14-15(2,12)13/h4H,1,5-11H2,2H3. The van der Waals surface area contributed by atoms with Crippen molar-refractivity contribution in [3.05, 3.63) is 18.4 Å². The number of rotatable bonds is 9. The summed E-state index contributed by atoms with van der Waals surface area (Å²) in [7, 11) is -3.25. The van der Waals surface area contributed by atoms with Crippen LogP contribution in [0.4, 0.5) is 0 Å². The maximum absolute atomic E-state index is 10.6. The molecular formula is C11H20O3S. The molecule has 0 unspecified atom stereocenters. The molecule has 0 aliphatic rings. The van der Waals surface area contributed by atoms with E-state index in [1.165, 1.54) is 0 Å². The Morgan fingerprint density at radius 2 is 1.80 bits per heavy atom. The van der Waals surface area contributed by atoms with Crippen LogP contribution in [0.2, 0.25) is 0 Å². The third-order valence-electron chi connectivity index (χ3n) is 1.93. The van der Waals surface area contributed by atoms with Crippen LogP contribution in [-0.2, 0) is 14.3 Å². The Labute approximate surface area is 93.0 Å². The fraction of sp³-hybridized carbons (Fsp3) is 0.727. The van der Waals surface area contributed by atoms with Crippen LogP contribution >= 0.6 is 0 Å². The van der Waals surface area contributed by atoms with E-state index in [0.29, 0.717) is 6.61 Å². The van der Waals surface area contributed by atoms with Crippen molar-refractivity contribution in [2.45, 2.75) is 38.5 Å². The van der Waals surface area contributed by atoms with Crippen molar-refractivity contribution in [3.63, 3.8) is 0 Å². The summed E-state index contributed by atoms with van der Waals surface area (Å²) in [4.78, 5) is 0. The van der Waals surface area contributed by atoms with Gasteiger partial charge in [0.1, 0.15) is 0 Å². The summed E-state index contributed by atoms with van der Waals surface area (Å²) in [6, 6.07) is 0. The molecule has 15 heavy (non-hydrogen) atoms. The lowest BCUT2D eigenvalue weighted by Crippen LogP contribution is -2.03. The summed E-state index contributed by atoms with van der Waals surface area (Å²) in [6.45, 7) is 3.80. The lowest BCUT2D eigenvalue weighted by molar-refractivity contribution is 0.309. The van der Waals surface area contributed by atoms with Gasteiger partial charge in [-0.3, -0.25) is 4.18 Å². The highest BCUT2D eigenvalue weighted by Crippen LogP contribution is 2.06. The van der Waals surface area contributed by atoms with Crippen molar-refractivity contribution < 1.29 is 12.6 Å². The van der Waals surface area contributed by atoms with Crippen LogP contribution in [-0.4, -0.2) is 21.3 Å². The van der Waals surface area contributed by atoms with Gasteiger partial charge in [0.25, 0.3) is 10.1 Å². The van der Waals surface area contributed by atoms with Crippen molar-refractivity contribution in [2.24, 2.45) is 0 Å². The van der Waals surface area contributed by atoms with Crippen molar-refractivity contribution in [3.8, 4) is 0 Å². The summed E-state index contributed by atoms with van der Waals surface area (Å²) in [5.41, 5.74) is 2.73. The minimum atomic E-state index is -3.25. The molecule has 3 nitrogen and oxygen atoms in total. The second-order valence-electron chi connectivity index (χ2n) is 3.49. The van der Waals surface area contributed by atoms with Gasteiger partial charge in [-0.2, -0.15) is 8.42 Å². The van der Waals surface area contributed by atoms with E-state index < -0.39 is 10.1 Å². The topological polar surface area (TPSA) is 43.4 Å². The molecule has 0 rings (SSSR count). The first-order valence-corrected chi connectivity index (χ1v) is 7.06. The van der Waals surface area contributed by atoms with Crippen LogP contribution in [0.5, 0.6) is 0 Å². The van der Waals surface area contributed by atoms with Crippen LogP contribution < -0.4 is 0 Å². The van der Waals surface area contributed by atoms with Crippen molar-refractivity contribution >= 4 is 10.1 Å². The molecule has 0 fully saturated rings. The van der Waals surface area contributed by atoms with Crippen molar-refractivity contribution in [2.75, 3.05) is 12.9 Å². The van der Waals surface area contributed by atoms with Crippen LogP contribution in [0, 0.1) is 0 Å². The summed E-state index contributed by atoms with van der Waals surface area (Å²) < 4.78 is 25.8. The molecule has 0 aliphatic heterocycles. The maximum Gasteiger partial charge on any atom is 0.264 e. The smallest absolute Gasteiger partial charge is 0.264 e. The van der Waals surface area contributed by atoms with E-state index in [0.717, 1.165) is 44.8 Å². The molecule has 0 bridgehead atoms. The molecule has 0 N–H and O–H groups in total. The highest BCUT2D eigenvalue weighted by molar-refractivity contribution is 7.85. The maximum atomic E-state index is 10.6. The second kappa shape index (κ2) is 8.72. The number of allylic oxidation sites excluding steroid dienone is 1. The number of hydrogen-bond donors (Lipinski definition) is 0. The fourth-order valence-electron chi connectivity index (χ4n) is 1.19. The van der Waals surface area contributed by atoms with Crippen molar-refractivity contribution in [1.29, 1.82) is 0 Å². The molecule has 0 atom stereocenters. The summed E-state index contributed by atoms with van der Waals surface area (Å²) in [6.07, 6.45) is 9.31. The van der Waals surface area contributed by atoms with Gasteiger partial charge in [-0.15, -0.1) is 5.73 Å². The van der Waals surface area contributed by atoms with Gasteiger partial charge < -0.3 is 0 Å². The molecule has 0 aromatic carbocycles. The quantitative estimate of drug-likeness (QED) is 0.349. The van der Waals surface area contributed by atoms with E-state index >= 15 is 0 Å². The van der Waals surface area contributed by atoms with Crippen LogP contribution in [0.15, 0.2) is 18.4 Å². The molecule has 0 saturated heterocycles. The lowest BCUT2D eigenvalue weighted by Gasteiger charge is -2.01. The zero-order chi connectivity index (χ0) is 11.6. The minimum absolute atomic E-state index is 0.311. The Morgan fingerprint density at radius 1 is 1.20 bits per heavy atom. The van der Waals surface area contributed by atoms with Gasteiger partial charge in [-0.1, -0.05) is 25.8 Å². The van der Waals surface area contributed by atoms with Gasteiger partial charge in [0.15, 0.2) is 0 Å². The normalized spacial score (nSPS) is 11.0. The molecule has 0 aromatic rings. The zero-order valence-electron chi connectivity index (χ0n) is 9.37. The third-order valence-corrected chi connectivity index (χ3v) is 2.53. The van der Waals surface area contributed by atoms with Crippen LogP contribution in [0.3, 0.4) is 0 Å². The van der Waals surface area contributed by atoms with Crippen LogP contribution in [0.25, 0.3) is 0 Å². The van der Waals surface area contributed by atoms with Gasteiger partial charge in [0.05, 0.1) is 12.9 Å². The van der Waals surface area contributed by atoms with Gasteiger partial charge in [-0.05, 0) is 25.3 Å². The SMILES string of the molecule is C=C=CCCCCCCCOS(C)(=O)=O. The fourth-order valence-corrected chi connectivity index (χ4v) is 1.61.